The molecule has 4 rings (SSSR count). The normalized spacial score (nSPS) is 23.0. The van der Waals surface area contributed by atoms with Crippen molar-refractivity contribution in [2.24, 2.45) is 10.7 Å². The molecule has 12 heteroatoms. The fourth-order valence-corrected chi connectivity index (χ4v) is 4.77. The average Bonchev–Trinajstić information content (AvgIpc) is 2.91. The second-order valence-corrected chi connectivity index (χ2v) is 8.72. The van der Waals surface area contributed by atoms with E-state index in [-0.39, 0.29) is 16.9 Å². The number of pyridine rings is 1. The summed E-state index contributed by atoms with van der Waals surface area (Å²) in [5.74, 6) is 0.00168. The Balaban J connectivity index is 1.61. The van der Waals surface area contributed by atoms with Gasteiger partial charge in [0.15, 0.2) is 0 Å². The number of anilines is 1. The number of hydrogen-bond donors (Lipinski definition) is 2. The number of carbonyl (C=O) groups is 1. The minimum atomic E-state index is -4.54. The molecule has 3 N–H and O–H groups in total. The minimum Gasteiger partial charge on any atom is -0.493 e. The minimum absolute atomic E-state index is 0.135. The number of nitrogens with two attached hydrogens (primary N) is 1. The Morgan fingerprint density at radius 3 is 2.77 bits per heavy atom. The van der Waals surface area contributed by atoms with E-state index in [0.29, 0.717) is 36.2 Å². The highest BCUT2D eigenvalue weighted by atomic mass is 32.2. The zero-order chi connectivity index (χ0) is 22.3. The third-order valence-corrected chi connectivity index (χ3v) is 6.78. The average molecular weight is 453 g/mol. The molecule has 3 heterocycles. The summed E-state index contributed by atoms with van der Waals surface area (Å²) in [5, 5.41) is 2.26. The molecule has 0 fully saturated rings. The molecule has 0 saturated carbocycles. The fourth-order valence-electron chi connectivity index (χ4n) is 3.41. The molecule has 2 unspecified atom stereocenters. The Kier molecular flexibility index (Phi) is 5.33. The zero-order valence-electron chi connectivity index (χ0n) is 16.2. The van der Waals surface area contributed by atoms with Crippen LogP contribution in [0.4, 0.5) is 18.9 Å². The monoisotopic (exact) mass is 453 g/mol. The van der Waals surface area contributed by atoms with Gasteiger partial charge in [-0.3, -0.25) is 14.1 Å². The summed E-state index contributed by atoms with van der Waals surface area (Å²) in [6.07, 6.45) is -3.42. The molecule has 0 aliphatic carbocycles. The summed E-state index contributed by atoms with van der Waals surface area (Å²) >= 11 is 0. The molecule has 1 aromatic heterocycles. The van der Waals surface area contributed by atoms with Crippen molar-refractivity contribution in [2.45, 2.75) is 23.9 Å². The molecule has 0 spiro atoms. The fraction of sp³-hybridized carbons (Fsp3) is 0.316. The van der Waals surface area contributed by atoms with Gasteiger partial charge in [0.25, 0.3) is 5.91 Å². The van der Waals surface area contributed by atoms with E-state index in [4.69, 9.17) is 10.5 Å². The van der Waals surface area contributed by atoms with Gasteiger partial charge < -0.3 is 15.8 Å². The highest BCUT2D eigenvalue weighted by molar-refractivity contribution is 7.84. The third kappa shape index (κ3) is 4.07. The van der Waals surface area contributed by atoms with Crippen LogP contribution in [0, 0.1) is 0 Å². The first-order valence-corrected chi connectivity index (χ1v) is 10.4. The van der Waals surface area contributed by atoms with Crippen molar-refractivity contribution in [1.82, 2.24) is 9.29 Å². The van der Waals surface area contributed by atoms with E-state index in [9.17, 15) is 22.2 Å². The summed E-state index contributed by atoms with van der Waals surface area (Å²) in [4.78, 5) is 20.5. The Morgan fingerprint density at radius 1 is 1.32 bits per heavy atom. The van der Waals surface area contributed by atoms with Crippen LogP contribution in [0.15, 0.2) is 41.5 Å². The number of carbonyl (C=O) groups excluding carboxylic acids is 1. The van der Waals surface area contributed by atoms with E-state index in [0.717, 1.165) is 12.1 Å². The van der Waals surface area contributed by atoms with Gasteiger partial charge in [0.05, 0.1) is 23.5 Å². The Morgan fingerprint density at radius 2 is 2.10 bits per heavy atom. The molecule has 3 atom stereocenters. The highest BCUT2D eigenvalue weighted by Crippen LogP contribution is 2.40. The molecular formula is C19H18F3N5O3S. The van der Waals surface area contributed by atoms with E-state index in [1.165, 1.54) is 4.31 Å². The Hall–Kier alpha value is -3.15. The number of rotatable bonds is 2. The summed E-state index contributed by atoms with van der Waals surface area (Å²) in [6.45, 7) is 0.352. The summed E-state index contributed by atoms with van der Waals surface area (Å²) in [6, 6.07) is 6.17. The van der Waals surface area contributed by atoms with E-state index in [1.54, 1.807) is 25.2 Å². The second kappa shape index (κ2) is 7.84. The van der Waals surface area contributed by atoms with Crippen molar-refractivity contribution in [3.63, 3.8) is 0 Å². The van der Waals surface area contributed by atoms with Crippen LogP contribution in [-0.4, -0.2) is 44.3 Å². The lowest BCUT2D eigenvalue weighted by molar-refractivity contribution is -0.137. The smallest absolute Gasteiger partial charge is 0.417 e. The number of aromatic nitrogens is 1. The number of ether oxygens (including phenoxy) is 1. The van der Waals surface area contributed by atoms with Gasteiger partial charge in [0, 0.05) is 24.5 Å². The largest absolute Gasteiger partial charge is 0.493 e. The molecular weight excluding hydrogens is 435 g/mol. The third-order valence-electron chi connectivity index (χ3n) is 5.04. The van der Waals surface area contributed by atoms with E-state index in [2.05, 4.69) is 15.3 Å². The highest BCUT2D eigenvalue weighted by Gasteiger charge is 2.39. The van der Waals surface area contributed by atoms with Crippen molar-refractivity contribution in [3.8, 4) is 5.75 Å². The van der Waals surface area contributed by atoms with Gasteiger partial charge in [-0.2, -0.15) is 13.2 Å². The van der Waals surface area contributed by atoms with Gasteiger partial charge >= 0.3 is 6.18 Å². The molecule has 2 aliphatic rings. The molecule has 1 amide bonds. The van der Waals surface area contributed by atoms with Crippen LogP contribution >= 0.6 is 0 Å². The van der Waals surface area contributed by atoms with Gasteiger partial charge in [-0.25, -0.2) is 9.20 Å². The molecule has 2 aromatic rings. The van der Waals surface area contributed by atoms with Gasteiger partial charge in [-0.1, -0.05) is 0 Å². The number of guanidine groups is 1. The molecule has 164 valence electrons. The second-order valence-electron chi connectivity index (χ2n) is 7.02. The van der Waals surface area contributed by atoms with E-state index >= 15 is 0 Å². The van der Waals surface area contributed by atoms with Crippen molar-refractivity contribution in [1.29, 1.82) is 0 Å². The van der Waals surface area contributed by atoms with Crippen molar-refractivity contribution in [3.05, 3.63) is 53.3 Å². The first-order valence-electron chi connectivity index (χ1n) is 9.24. The maximum atomic E-state index is 12.7. The lowest BCUT2D eigenvalue weighted by atomic mass is 10.0. The lowest BCUT2D eigenvalue weighted by Crippen LogP contribution is -2.46. The molecule has 31 heavy (non-hydrogen) atoms. The number of hydrogen-bond acceptors (Lipinski definition) is 6. The Labute approximate surface area is 177 Å². The summed E-state index contributed by atoms with van der Waals surface area (Å²) in [5.41, 5.74) is 5.78. The first-order chi connectivity index (χ1) is 14.6. The number of nitrogens with one attached hydrogen (secondary N) is 1. The van der Waals surface area contributed by atoms with Gasteiger partial charge in [0.2, 0.25) is 5.96 Å². The lowest BCUT2D eigenvalue weighted by Gasteiger charge is -2.32. The number of fused-ring (bicyclic) bond motifs is 3. The van der Waals surface area contributed by atoms with Gasteiger partial charge in [-0.05, 0) is 36.8 Å². The van der Waals surface area contributed by atoms with Crippen molar-refractivity contribution in [2.75, 3.05) is 19.0 Å². The van der Waals surface area contributed by atoms with Crippen LogP contribution in [0.2, 0.25) is 0 Å². The molecule has 2 aliphatic heterocycles. The number of alkyl halides is 3. The summed E-state index contributed by atoms with van der Waals surface area (Å²) in [7, 11) is 0.204. The summed E-state index contributed by atoms with van der Waals surface area (Å²) < 4.78 is 57.9. The molecule has 8 nitrogen and oxygen atoms in total. The van der Waals surface area contributed by atoms with Crippen LogP contribution < -0.4 is 15.8 Å². The molecule has 1 aromatic carbocycles. The van der Waals surface area contributed by atoms with Gasteiger partial charge in [0.1, 0.15) is 22.4 Å². The van der Waals surface area contributed by atoms with Crippen molar-refractivity contribution >= 4 is 28.5 Å². The van der Waals surface area contributed by atoms with Crippen LogP contribution in [0.5, 0.6) is 5.75 Å². The first kappa shape index (κ1) is 21.1. The predicted octanol–water partition coefficient (Wildman–Crippen LogP) is 2.47. The number of amides is 1. The van der Waals surface area contributed by atoms with Crippen LogP contribution in [0.1, 0.15) is 34.1 Å². The number of benzene rings is 1. The standard InChI is InChI=1S/C19H18F3N5O3S/c1-27-18(23)26-16-12-8-11(3-5-14(12)30-7-6-15(16)31(27)29)25-17(28)13-4-2-10(9-24-13)19(20,21)22/h2-5,8-9,15-16H,6-7H2,1H3,(H2,23,26)(H,25,28)/t15-,16?,31?/m0/s1. The molecule has 0 radical (unpaired) electrons. The van der Waals surface area contributed by atoms with E-state index in [1.807, 2.05) is 0 Å². The maximum Gasteiger partial charge on any atom is 0.417 e. The predicted molar refractivity (Wildman–Crippen MR) is 108 cm³/mol. The van der Waals surface area contributed by atoms with Crippen molar-refractivity contribution < 1.29 is 26.9 Å². The Bertz CT molecular complexity index is 1070. The number of nitrogens with zero attached hydrogens (tertiary/aromatic N) is 3. The van der Waals surface area contributed by atoms with Gasteiger partial charge in [-0.15, -0.1) is 0 Å². The topological polar surface area (TPSA) is 110 Å². The molecule has 0 saturated heterocycles. The zero-order valence-corrected chi connectivity index (χ0v) is 17.0. The maximum absolute atomic E-state index is 12.7. The van der Waals surface area contributed by atoms with Crippen LogP contribution in [-0.2, 0) is 17.2 Å². The van der Waals surface area contributed by atoms with E-state index < -0.39 is 34.7 Å². The quantitative estimate of drug-likeness (QED) is 0.726. The number of aliphatic imine (C=N–C) groups is 1. The molecule has 0 bridgehead atoms. The van der Waals surface area contributed by atoms with Crippen LogP contribution in [0.3, 0.4) is 0 Å². The van der Waals surface area contributed by atoms with Crippen LogP contribution in [0.25, 0.3) is 0 Å². The number of halogens is 3. The SMILES string of the molecule is CN1C(N)=NC2c3cc(NC(=O)c4ccc(C(F)(F)F)cn4)ccc3OCC[C@@H]2S1=O.